The molecule has 0 saturated carbocycles. The Morgan fingerprint density at radius 2 is 2.30 bits per heavy atom. The normalized spacial score (nSPS) is 10.7. The molecule has 0 spiro atoms. The molecule has 0 bridgehead atoms. The summed E-state index contributed by atoms with van der Waals surface area (Å²) in [7, 11) is 0. The summed E-state index contributed by atoms with van der Waals surface area (Å²) in [6.07, 6.45) is 3.46. The molecule has 0 unspecified atom stereocenters. The number of nitriles is 1. The van der Waals surface area contributed by atoms with Crippen molar-refractivity contribution in [1.82, 2.24) is 0 Å². The Morgan fingerprint density at radius 1 is 1.70 bits per heavy atom. The van der Waals surface area contributed by atoms with Crippen molar-refractivity contribution in [1.29, 1.82) is 5.26 Å². The molecule has 0 aliphatic carbocycles. The van der Waals surface area contributed by atoms with Crippen molar-refractivity contribution in [3.8, 4) is 6.07 Å². The number of carbonyl (C=O) groups is 1. The zero-order chi connectivity index (χ0) is 7.98. The fourth-order valence-corrected chi connectivity index (χ4v) is 0.557. The average molecular weight is 137 g/mol. The van der Waals surface area contributed by atoms with E-state index in [2.05, 4.69) is 0 Å². The van der Waals surface area contributed by atoms with E-state index in [-0.39, 0.29) is 11.4 Å². The highest BCUT2D eigenvalue weighted by molar-refractivity contribution is 5.96. The molecule has 54 valence electrons. The molecule has 2 nitrogen and oxygen atoms in total. The molecule has 0 rings (SSSR count). The molecule has 0 aromatic rings. The Labute approximate surface area is 61.2 Å². The molecule has 10 heavy (non-hydrogen) atoms. The van der Waals surface area contributed by atoms with Crippen LogP contribution in [0.5, 0.6) is 0 Å². The first-order chi connectivity index (χ1) is 4.72. The summed E-state index contributed by atoms with van der Waals surface area (Å²) in [6.45, 7) is 3.41. The van der Waals surface area contributed by atoms with Crippen molar-refractivity contribution in [3.05, 3.63) is 11.6 Å². The van der Waals surface area contributed by atoms with Gasteiger partial charge in [-0.25, -0.2) is 0 Å². The van der Waals surface area contributed by atoms with Gasteiger partial charge in [-0.15, -0.1) is 0 Å². The predicted octanol–water partition coefficient (Wildman–Crippen LogP) is 1.83. The Kier molecular flexibility index (Phi) is 4.23. The molecule has 0 N–H and O–H groups in total. The number of carbonyl (C=O) groups excluding carboxylic acids is 1. The van der Waals surface area contributed by atoms with E-state index in [1.54, 1.807) is 6.08 Å². The van der Waals surface area contributed by atoms with Crippen LogP contribution in [0.1, 0.15) is 26.7 Å². The number of hydrogen-bond acceptors (Lipinski definition) is 2. The minimum absolute atomic E-state index is 0.143. The first kappa shape index (κ1) is 8.90. The van der Waals surface area contributed by atoms with Gasteiger partial charge in [0.1, 0.15) is 6.07 Å². The fraction of sp³-hybridized carbons (Fsp3) is 0.500. The van der Waals surface area contributed by atoms with E-state index in [4.69, 9.17) is 5.26 Å². The van der Waals surface area contributed by atoms with Crippen LogP contribution < -0.4 is 0 Å². The largest absolute Gasteiger partial charge is 0.294 e. The number of allylic oxidation sites excluding steroid dienone is 2. The highest BCUT2D eigenvalue weighted by atomic mass is 16.1. The minimum atomic E-state index is -0.143. The second-order valence-corrected chi connectivity index (χ2v) is 2.07. The summed E-state index contributed by atoms with van der Waals surface area (Å²) in [5.74, 6) is -0.143. The van der Waals surface area contributed by atoms with Gasteiger partial charge in [0.25, 0.3) is 0 Å². The van der Waals surface area contributed by atoms with Crippen molar-refractivity contribution >= 4 is 5.78 Å². The van der Waals surface area contributed by atoms with Gasteiger partial charge in [-0.05, 0) is 13.3 Å². The third kappa shape index (κ3) is 3.03. The Hall–Kier alpha value is -1.10. The van der Waals surface area contributed by atoms with Gasteiger partial charge in [0, 0.05) is 0 Å². The highest BCUT2D eigenvalue weighted by Gasteiger charge is 1.98. The second kappa shape index (κ2) is 4.75. The van der Waals surface area contributed by atoms with E-state index < -0.39 is 0 Å². The SMILES string of the molecule is CCCC=C(C#N)C(C)=O. The molecule has 2 heteroatoms. The molecule has 0 aromatic heterocycles. The van der Waals surface area contributed by atoms with Crippen LogP contribution in [-0.4, -0.2) is 5.78 Å². The number of nitrogens with zero attached hydrogens (tertiary/aromatic N) is 1. The fourth-order valence-electron chi connectivity index (χ4n) is 0.557. The van der Waals surface area contributed by atoms with E-state index in [0.717, 1.165) is 12.8 Å². The molecule has 0 amide bonds. The average Bonchev–Trinajstić information content (AvgIpc) is 1.89. The standard InChI is InChI=1S/C8H11NO/c1-3-4-5-8(6-9)7(2)10/h5H,3-4H2,1-2H3. The zero-order valence-corrected chi connectivity index (χ0v) is 6.35. The molecule has 0 fully saturated rings. The molecular weight excluding hydrogens is 126 g/mol. The van der Waals surface area contributed by atoms with E-state index in [0.29, 0.717) is 0 Å². The quantitative estimate of drug-likeness (QED) is 0.439. The number of rotatable bonds is 3. The van der Waals surface area contributed by atoms with Crippen LogP contribution in [0.2, 0.25) is 0 Å². The van der Waals surface area contributed by atoms with Crippen LogP contribution in [0.15, 0.2) is 11.6 Å². The molecule has 0 saturated heterocycles. The monoisotopic (exact) mass is 137 g/mol. The number of ketones is 1. The summed E-state index contributed by atoms with van der Waals surface area (Å²) >= 11 is 0. The van der Waals surface area contributed by atoms with Crippen molar-refractivity contribution in [2.75, 3.05) is 0 Å². The van der Waals surface area contributed by atoms with Crippen molar-refractivity contribution in [3.63, 3.8) is 0 Å². The summed E-state index contributed by atoms with van der Waals surface area (Å²) in [4.78, 5) is 10.6. The number of unbranched alkanes of at least 4 members (excludes halogenated alkanes) is 1. The van der Waals surface area contributed by atoms with Crippen molar-refractivity contribution in [2.24, 2.45) is 0 Å². The van der Waals surface area contributed by atoms with Crippen LogP contribution >= 0.6 is 0 Å². The third-order valence-corrected chi connectivity index (χ3v) is 1.14. The molecule has 0 aliphatic heterocycles. The molecule has 0 aromatic carbocycles. The van der Waals surface area contributed by atoms with E-state index in [1.165, 1.54) is 6.92 Å². The lowest BCUT2D eigenvalue weighted by Gasteiger charge is -1.88. The van der Waals surface area contributed by atoms with Crippen LogP contribution in [0.3, 0.4) is 0 Å². The van der Waals surface area contributed by atoms with Gasteiger partial charge in [0.2, 0.25) is 0 Å². The lowest BCUT2D eigenvalue weighted by molar-refractivity contribution is -0.113. The molecule has 0 heterocycles. The van der Waals surface area contributed by atoms with E-state index in [1.807, 2.05) is 13.0 Å². The Balaban J connectivity index is 4.09. The lowest BCUT2D eigenvalue weighted by Crippen LogP contribution is -1.92. The van der Waals surface area contributed by atoms with Crippen LogP contribution in [0.25, 0.3) is 0 Å². The molecular formula is C8H11NO. The Morgan fingerprint density at radius 3 is 2.60 bits per heavy atom. The van der Waals surface area contributed by atoms with Gasteiger partial charge in [0.15, 0.2) is 5.78 Å². The van der Waals surface area contributed by atoms with Gasteiger partial charge < -0.3 is 0 Å². The van der Waals surface area contributed by atoms with Crippen LogP contribution in [0.4, 0.5) is 0 Å². The smallest absolute Gasteiger partial charge is 0.169 e. The first-order valence-corrected chi connectivity index (χ1v) is 3.33. The summed E-state index contributed by atoms with van der Waals surface area (Å²) in [5, 5.41) is 8.38. The summed E-state index contributed by atoms with van der Waals surface area (Å²) in [6, 6.07) is 1.85. The molecule has 0 atom stereocenters. The van der Waals surface area contributed by atoms with Gasteiger partial charge >= 0.3 is 0 Å². The number of Topliss-reactive ketones (excluding diaryl/α,β-unsaturated/α-hetero) is 1. The molecule has 0 aliphatic rings. The first-order valence-electron chi connectivity index (χ1n) is 3.33. The predicted molar refractivity (Wildman–Crippen MR) is 39.3 cm³/mol. The van der Waals surface area contributed by atoms with Gasteiger partial charge in [0.05, 0.1) is 5.57 Å². The van der Waals surface area contributed by atoms with Crippen LogP contribution in [-0.2, 0) is 4.79 Å². The lowest BCUT2D eigenvalue weighted by atomic mass is 10.1. The topological polar surface area (TPSA) is 40.9 Å². The number of hydrogen-bond donors (Lipinski definition) is 0. The molecule has 0 radical (unpaired) electrons. The van der Waals surface area contributed by atoms with Crippen molar-refractivity contribution < 1.29 is 4.79 Å². The highest BCUT2D eigenvalue weighted by Crippen LogP contribution is 1.98. The summed E-state index contributed by atoms with van der Waals surface area (Å²) < 4.78 is 0. The van der Waals surface area contributed by atoms with Crippen molar-refractivity contribution in [2.45, 2.75) is 26.7 Å². The van der Waals surface area contributed by atoms with Gasteiger partial charge in [-0.1, -0.05) is 19.4 Å². The maximum atomic E-state index is 10.6. The third-order valence-electron chi connectivity index (χ3n) is 1.14. The Bertz CT molecular complexity index is 186. The van der Waals surface area contributed by atoms with Gasteiger partial charge in [-0.3, -0.25) is 4.79 Å². The van der Waals surface area contributed by atoms with Crippen LogP contribution in [0, 0.1) is 11.3 Å². The van der Waals surface area contributed by atoms with E-state index in [9.17, 15) is 4.79 Å². The second-order valence-electron chi connectivity index (χ2n) is 2.07. The summed E-state index contributed by atoms with van der Waals surface area (Å²) in [5.41, 5.74) is 0.279. The maximum absolute atomic E-state index is 10.6. The minimum Gasteiger partial charge on any atom is -0.294 e. The van der Waals surface area contributed by atoms with E-state index >= 15 is 0 Å². The maximum Gasteiger partial charge on any atom is 0.169 e. The zero-order valence-electron chi connectivity index (χ0n) is 6.35. The van der Waals surface area contributed by atoms with Gasteiger partial charge in [-0.2, -0.15) is 5.26 Å².